The molecule has 3 heteroatoms. The van der Waals surface area contributed by atoms with Crippen molar-refractivity contribution in [3.05, 3.63) is 35.9 Å². The number of carbonyl (C=O) groups is 1. The molecule has 1 atom stereocenters. The summed E-state index contributed by atoms with van der Waals surface area (Å²) in [5.41, 5.74) is 1.26. The van der Waals surface area contributed by atoms with Gasteiger partial charge in [0.2, 0.25) is 5.91 Å². The van der Waals surface area contributed by atoms with Crippen LogP contribution in [-0.2, 0) is 11.2 Å². The number of nitrogens with one attached hydrogen (secondary N) is 1. The van der Waals surface area contributed by atoms with E-state index >= 15 is 0 Å². The Balaban J connectivity index is 1.67. The van der Waals surface area contributed by atoms with E-state index < -0.39 is 0 Å². The lowest BCUT2D eigenvalue weighted by Crippen LogP contribution is -2.57. The van der Waals surface area contributed by atoms with Crippen molar-refractivity contribution in [2.24, 2.45) is 5.92 Å². The molecule has 2 fully saturated rings. The van der Waals surface area contributed by atoms with Crippen molar-refractivity contribution in [2.75, 3.05) is 19.6 Å². The number of rotatable bonds is 4. The van der Waals surface area contributed by atoms with Gasteiger partial charge in [-0.2, -0.15) is 0 Å². The molecule has 1 N–H and O–H groups in total. The lowest BCUT2D eigenvalue weighted by molar-refractivity contribution is -0.129. The molecule has 108 valence electrons. The molecule has 1 aliphatic heterocycles. The first-order valence-electron chi connectivity index (χ1n) is 7.88. The van der Waals surface area contributed by atoms with E-state index in [-0.39, 0.29) is 11.9 Å². The van der Waals surface area contributed by atoms with Crippen LogP contribution in [0.3, 0.4) is 0 Å². The Bertz CT molecular complexity index is 440. The van der Waals surface area contributed by atoms with E-state index in [9.17, 15) is 4.79 Å². The van der Waals surface area contributed by atoms with Crippen LogP contribution in [0.25, 0.3) is 0 Å². The van der Waals surface area contributed by atoms with Crippen LogP contribution in [0, 0.1) is 5.92 Å². The van der Waals surface area contributed by atoms with Crippen molar-refractivity contribution in [3.63, 3.8) is 0 Å². The van der Waals surface area contributed by atoms with E-state index in [0.29, 0.717) is 0 Å². The summed E-state index contributed by atoms with van der Waals surface area (Å²) in [6.07, 6.45) is 6.26. The molecule has 1 saturated carbocycles. The molecule has 3 rings (SSSR count). The molecule has 1 aliphatic carbocycles. The van der Waals surface area contributed by atoms with Crippen molar-refractivity contribution < 1.29 is 4.79 Å². The van der Waals surface area contributed by atoms with Crippen LogP contribution < -0.4 is 5.32 Å². The second-order valence-electron chi connectivity index (χ2n) is 6.14. The lowest BCUT2D eigenvalue weighted by Gasteiger charge is -2.36. The smallest absolute Gasteiger partial charge is 0.237 e. The maximum Gasteiger partial charge on any atom is 0.237 e. The molecule has 20 heavy (non-hydrogen) atoms. The van der Waals surface area contributed by atoms with Crippen LogP contribution in [0.4, 0.5) is 0 Å². The molecular formula is C17H24N2O. The molecule has 0 radical (unpaired) electrons. The van der Waals surface area contributed by atoms with Gasteiger partial charge in [0.25, 0.3) is 0 Å². The molecule has 0 bridgehead atoms. The van der Waals surface area contributed by atoms with Crippen molar-refractivity contribution in [1.29, 1.82) is 0 Å². The zero-order valence-electron chi connectivity index (χ0n) is 12.1. The number of carbonyl (C=O) groups excluding carboxylic acids is 1. The predicted molar refractivity (Wildman–Crippen MR) is 80.5 cm³/mol. The van der Waals surface area contributed by atoms with Crippen LogP contribution in [0.1, 0.15) is 31.2 Å². The standard InChI is InChI=1S/C17H24N2O/c20-17-16(12-14-6-2-1-3-7-14)19(11-10-18-17)13-15-8-4-5-9-15/h1-3,6-7,15-16H,4-5,8-13H2,(H,18,20)/t16-/m0/s1. The summed E-state index contributed by atoms with van der Waals surface area (Å²) in [6.45, 7) is 2.90. The first-order chi connectivity index (χ1) is 9.83. The zero-order chi connectivity index (χ0) is 13.8. The largest absolute Gasteiger partial charge is 0.353 e. The van der Waals surface area contributed by atoms with Crippen molar-refractivity contribution in [2.45, 2.75) is 38.1 Å². The summed E-state index contributed by atoms with van der Waals surface area (Å²) in [7, 11) is 0. The Labute approximate surface area is 121 Å². The molecule has 1 amide bonds. The molecule has 1 aromatic rings. The molecule has 0 unspecified atom stereocenters. The molecule has 0 aromatic heterocycles. The third-order valence-electron chi connectivity index (χ3n) is 4.68. The van der Waals surface area contributed by atoms with Gasteiger partial charge in [0.1, 0.15) is 0 Å². The summed E-state index contributed by atoms with van der Waals surface area (Å²) >= 11 is 0. The Morgan fingerprint density at radius 2 is 1.90 bits per heavy atom. The van der Waals surface area contributed by atoms with Crippen molar-refractivity contribution in [3.8, 4) is 0 Å². The summed E-state index contributed by atoms with van der Waals surface area (Å²) in [5.74, 6) is 1.01. The lowest BCUT2D eigenvalue weighted by atomic mass is 9.99. The second-order valence-corrected chi connectivity index (χ2v) is 6.14. The SMILES string of the molecule is O=C1NCCN(CC2CCCC2)[C@H]1Cc1ccccc1. The summed E-state index contributed by atoms with van der Waals surface area (Å²) in [4.78, 5) is 14.6. The van der Waals surface area contributed by atoms with Crippen LogP contribution in [-0.4, -0.2) is 36.5 Å². The third kappa shape index (κ3) is 3.21. The first kappa shape index (κ1) is 13.6. The number of hydrogen-bond donors (Lipinski definition) is 1. The minimum absolute atomic E-state index is 0.0201. The topological polar surface area (TPSA) is 32.3 Å². The highest BCUT2D eigenvalue weighted by Gasteiger charge is 2.31. The first-order valence-corrected chi connectivity index (χ1v) is 7.88. The maximum atomic E-state index is 12.2. The number of nitrogens with zero attached hydrogens (tertiary/aromatic N) is 1. The number of benzene rings is 1. The average Bonchev–Trinajstić information content (AvgIpc) is 2.97. The van der Waals surface area contributed by atoms with Gasteiger partial charge < -0.3 is 5.32 Å². The maximum absolute atomic E-state index is 12.2. The van der Waals surface area contributed by atoms with Gasteiger partial charge in [0.15, 0.2) is 0 Å². The third-order valence-corrected chi connectivity index (χ3v) is 4.68. The van der Waals surface area contributed by atoms with E-state index in [4.69, 9.17) is 0 Å². The fourth-order valence-electron chi connectivity index (χ4n) is 3.56. The van der Waals surface area contributed by atoms with Crippen LogP contribution >= 0.6 is 0 Å². The Hall–Kier alpha value is -1.35. The fraction of sp³-hybridized carbons (Fsp3) is 0.588. The molecule has 0 spiro atoms. The van der Waals surface area contributed by atoms with Gasteiger partial charge in [-0.1, -0.05) is 43.2 Å². The number of hydrogen-bond acceptors (Lipinski definition) is 2. The second kappa shape index (κ2) is 6.40. The number of piperazine rings is 1. The number of amides is 1. The van der Waals surface area contributed by atoms with E-state index in [0.717, 1.165) is 32.0 Å². The molecule has 1 aromatic carbocycles. The normalized spacial score (nSPS) is 24.8. The van der Waals surface area contributed by atoms with Crippen molar-refractivity contribution in [1.82, 2.24) is 10.2 Å². The van der Waals surface area contributed by atoms with Gasteiger partial charge >= 0.3 is 0 Å². The van der Waals surface area contributed by atoms with E-state index in [2.05, 4.69) is 34.5 Å². The monoisotopic (exact) mass is 272 g/mol. The minimum atomic E-state index is 0.0201. The summed E-state index contributed by atoms with van der Waals surface area (Å²) in [5, 5.41) is 3.03. The van der Waals surface area contributed by atoms with Crippen LogP contribution in [0.5, 0.6) is 0 Å². The van der Waals surface area contributed by atoms with Gasteiger partial charge in [-0.3, -0.25) is 9.69 Å². The van der Waals surface area contributed by atoms with E-state index in [1.165, 1.54) is 31.2 Å². The van der Waals surface area contributed by atoms with Gasteiger partial charge in [0.05, 0.1) is 6.04 Å². The summed E-state index contributed by atoms with van der Waals surface area (Å²) in [6, 6.07) is 10.4. The van der Waals surface area contributed by atoms with E-state index in [1.807, 2.05) is 6.07 Å². The van der Waals surface area contributed by atoms with Gasteiger partial charge in [-0.05, 0) is 30.7 Å². The Kier molecular flexibility index (Phi) is 4.36. The molecule has 2 aliphatic rings. The van der Waals surface area contributed by atoms with Crippen molar-refractivity contribution >= 4 is 5.91 Å². The Morgan fingerprint density at radius 1 is 1.15 bits per heavy atom. The quantitative estimate of drug-likeness (QED) is 0.911. The fourth-order valence-corrected chi connectivity index (χ4v) is 3.56. The highest BCUT2D eigenvalue weighted by Crippen LogP contribution is 2.27. The van der Waals surface area contributed by atoms with Gasteiger partial charge in [-0.25, -0.2) is 0 Å². The van der Waals surface area contributed by atoms with Gasteiger partial charge in [0, 0.05) is 19.6 Å². The minimum Gasteiger partial charge on any atom is -0.353 e. The highest BCUT2D eigenvalue weighted by atomic mass is 16.2. The average molecular weight is 272 g/mol. The van der Waals surface area contributed by atoms with Gasteiger partial charge in [-0.15, -0.1) is 0 Å². The summed E-state index contributed by atoms with van der Waals surface area (Å²) < 4.78 is 0. The molecule has 1 saturated heterocycles. The van der Waals surface area contributed by atoms with E-state index in [1.54, 1.807) is 0 Å². The molecular weight excluding hydrogens is 248 g/mol. The zero-order valence-corrected chi connectivity index (χ0v) is 12.1. The molecule has 1 heterocycles. The predicted octanol–water partition coefficient (Wildman–Crippen LogP) is 2.22. The van der Waals surface area contributed by atoms with Crippen LogP contribution in [0.15, 0.2) is 30.3 Å². The Morgan fingerprint density at radius 3 is 2.65 bits per heavy atom. The van der Waals surface area contributed by atoms with Crippen LogP contribution in [0.2, 0.25) is 0 Å². The molecule has 3 nitrogen and oxygen atoms in total. The highest BCUT2D eigenvalue weighted by molar-refractivity contribution is 5.82.